The van der Waals surface area contributed by atoms with Crippen LogP contribution in [0.3, 0.4) is 0 Å². The van der Waals surface area contributed by atoms with Crippen LogP contribution < -0.4 is 20.2 Å². The number of nitrogens with zero attached hydrogens (tertiary/aromatic N) is 4. The number of ether oxygens (including phenoxy) is 2. The smallest absolute Gasteiger partial charge is 0.271 e. The fourth-order valence-corrected chi connectivity index (χ4v) is 4.67. The van der Waals surface area contributed by atoms with Crippen LogP contribution in [0, 0.1) is 0 Å². The molecule has 10 heteroatoms. The largest absolute Gasteiger partial charge is 0.454 e. The van der Waals surface area contributed by atoms with Crippen LogP contribution in [0.25, 0.3) is 21.9 Å². The van der Waals surface area contributed by atoms with Gasteiger partial charge in [-0.25, -0.2) is 0 Å². The molecule has 0 aliphatic carbocycles. The summed E-state index contributed by atoms with van der Waals surface area (Å²) in [4.78, 5) is 40.7. The Balaban J connectivity index is 1.39. The Bertz CT molecular complexity index is 1760. The highest BCUT2D eigenvalue weighted by Gasteiger charge is 2.28. The van der Waals surface area contributed by atoms with E-state index in [-0.39, 0.29) is 18.8 Å². The third kappa shape index (κ3) is 4.05. The molecule has 0 saturated heterocycles. The predicted octanol–water partition coefficient (Wildman–Crippen LogP) is 3.18. The van der Waals surface area contributed by atoms with Crippen molar-refractivity contribution in [2.75, 3.05) is 6.79 Å². The lowest BCUT2D eigenvalue weighted by molar-refractivity contribution is 0.0794. The Kier molecular flexibility index (Phi) is 5.83. The Hall–Kier alpha value is -4.99. The molecule has 1 N–H and O–H groups in total. The first-order valence-corrected chi connectivity index (χ1v) is 12.2. The number of para-hydroxylation sites is 1. The summed E-state index contributed by atoms with van der Waals surface area (Å²) in [6.07, 6.45) is 1.71. The van der Waals surface area contributed by atoms with Gasteiger partial charge in [-0.05, 0) is 30.7 Å². The van der Waals surface area contributed by atoms with Crippen LogP contribution in [0.15, 0.2) is 77.7 Å². The molecule has 0 saturated carbocycles. The van der Waals surface area contributed by atoms with E-state index in [9.17, 15) is 14.4 Å². The Labute approximate surface area is 216 Å². The van der Waals surface area contributed by atoms with Gasteiger partial charge in [0.25, 0.3) is 11.8 Å². The molecule has 6 rings (SSSR count). The lowest BCUT2D eigenvalue weighted by atomic mass is 10.0. The Morgan fingerprint density at radius 1 is 1.00 bits per heavy atom. The Morgan fingerprint density at radius 3 is 2.53 bits per heavy atom. The van der Waals surface area contributed by atoms with Crippen molar-refractivity contribution < 1.29 is 19.1 Å². The van der Waals surface area contributed by atoms with Gasteiger partial charge < -0.3 is 19.4 Å². The van der Waals surface area contributed by atoms with Gasteiger partial charge in [0.15, 0.2) is 11.5 Å². The molecular formula is C28H23N5O5. The SMILES string of the molecule is CCn1cc(C(=O)N[C@@H](Cc2ccccc2)C(=O)n2nnc3ccccc32)c(=O)c2cc3c(cc21)OCO3. The number of hydrogen-bond donors (Lipinski definition) is 1. The summed E-state index contributed by atoms with van der Waals surface area (Å²) in [6.45, 7) is 2.49. The highest BCUT2D eigenvalue weighted by molar-refractivity contribution is 6.01. The van der Waals surface area contributed by atoms with Gasteiger partial charge >= 0.3 is 0 Å². The molecule has 3 heterocycles. The summed E-state index contributed by atoms with van der Waals surface area (Å²) in [7, 11) is 0. The summed E-state index contributed by atoms with van der Waals surface area (Å²) in [5.41, 5.74) is 2.02. The number of nitrogens with one attached hydrogen (secondary N) is 1. The second-order valence-corrected chi connectivity index (χ2v) is 8.92. The third-order valence-electron chi connectivity index (χ3n) is 6.61. The average molecular weight is 510 g/mol. The maximum atomic E-state index is 13.7. The van der Waals surface area contributed by atoms with Gasteiger partial charge in [0, 0.05) is 25.2 Å². The zero-order valence-electron chi connectivity index (χ0n) is 20.5. The molecule has 1 amide bonds. The fraction of sp³-hybridized carbons (Fsp3) is 0.179. The summed E-state index contributed by atoms with van der Waals surface area (Å²) in [5.74, 6) is -0.124. The number of carbonyl (C=O) groups excluding carboxylic acids is 2. The van der Waals surface area contributed by atoms with E-state index in [1.54, 1.807) is 41.0 Å². The minimum absolute atomic E-state index is 0.0690. The molecule has 3 aromatic carbocycles. The second kappa shape index (κ2) is 9.47. The van der Waals surface area contributed by atoms with Crippen molar-refractivity contribution in [3.05, 3.63) is 94.3 Å². The molecule has 0 bridgehead atoms. The van der Waals surface area contributed by atoms with E-state index in [1.807, 2.05) is 37.3 Å². The molecule has 1 aliphatic heterocycles. The van der Waals surface area contributed by atoms with E-state index < -0.39 is 23.3 Å². The van der Waals surface area contributed by atoms with E-state index in [4.69, 9.17) is 9.47 Å². The average Bonchev–Trinajstić information content (AvgIpc) is 3.59. The maximum absolute atomic E-state index is 13.7. The predicted molar refractivity (Wildman–Crippen MR) is 140 cm³/mol. The number of fused-ring (bicyclic) bond motifs is 3. The van der Waals surface area contributed by atoms with Gasteiger partial charge in [0.2, 0.25) is 12.2 Å². The molecule has 0 fully saturated rings. The van der Waals surface area contributed by atoms with Crippen molar-refractivity contribution >= 4 is 33.8 Å². The van der Waals surface area contributed by atoms with Crippen LogP contribution in [0.1, 0.15) is 27.6 Å². The van der Waals surface area contributed by atoms with Gasteiger partial charge in [-0.1, -0.05) is 47.7 Å². The molecule has 1 atom stereocenters. The molecule has 190 valence electrons. The van der Waals surface area contributed by atoms with E-state index in [0.29, 0.717) is 40.0 Å². The third-order valence-corrected chi connectivity index (χ3v) is 6.61. The van der Waals surface area contributed by atoms with Crippen molar-refractivity contribution in [3.63, 3.8) is 0 Å². The molecule has 5 aromatic rings. The standard InChI is InChI=1S/C28H23N5O5/c1-2-32-15-19(26(34)18-13-24-25(14-23(18)32)38-16-37-24)27(35)29-21(12-17-8-4-3-5-9-17)28(36)33-22-11-7-6-10-20(22)30-31-33/h3-11,13-15,21H,2,12,16H2,1H3,(H,29,35)/t21-/m0/s1. The number of aryl methyl sites for hydroxylation is 1. The zero-order chi connectivity index (χ0) is 26.2. The number of hydrogen-bond acceptors (Lipinski definition) is 7. The van der Waals surface area contributed by atoms with E-state index in [2.05, 4.69) is 15.6 Å². The maximum Gasteiger partial charge on any atom is 0.271 e. The van der Waals surface area contributed by atoms with Crippen LogP contribution in [0.4, 0.5) is 0 Å². The summed E-state index contributed by atoms with van der Waals surface area (Å²) < 4.78 is 13.9. The van der Waals surface area contributed by atoms with E-state index in [0.717, 1.165) is 5.56 Å². The van der Waals surface area contributed by atoms with Crippen LogP contribution >= 0.6 is 0 Å². The molecule has 2 aromatic heterocycles. The number of amides is 1. The van der Waals surface area contributed by atoms with E-state index in [1.165, 1.54) is 10.9 Å². The monoisotopic (exact) mass is 509 g/mol. The van der Waals surface area contributed by atoms with Crippen molar-refractivity contribution in [2.24, 2.45) is 0 Å². The lowest BCUT2D eigenvalue weighted by Crippen LogP contribution is -2.46. The Morgan fingerprint density at radius 2 is 1.74 bits per heavy atom. The highest BCUT2D eigenvalue weighted by atomic mass is 16.7. The quantitative estimate of drug-likeness (QED) is 0.374. The summed E-state index contributed by atoms with van der Waals surface area (Å²) in [6, 6.07) is 18.7. The lowest BCUT2D eigenvalue weighted by Gasteiger charge is -2.19. The van der Waals surface area contributed by atoms with Crippen LogP contribution in [-0.2, 0) is 13.0 Å². The number of pyridine rings is 1. The number of benzene rings is 3. The van der Waals surface area contributed by atoms with Crippen molar-refractivity contribution in [3.8, 4) is 11.5 Å². The minimum Gasteiger partial charge on any atom is -0.454 e. The summed E-state index contributed by atoms with van der Waals surface area (Å²) >= 11 is 0. The highest BCUT2D eigenvalue weighted by Crippen LogP contribution is 2.35. The topological polar surface area (TPSA) is 117 Å². The van der Waals surface area contributed by atoms with Gasteiger partial charge in [-0.3, -0.25) is 14.4 Å². The first kappa shape index (κ1) is 23.4. The molecule has 0 unspecified atom stereocenters. The first-order chi connectivity index (χ1) is 18.5. The number of aromatic nitrogens is 4. The molecule has 0 spiro atoms. The van der Waals surface area contributed by atoms with Crippen molar-refractivity contribution in [1.82, 2.24) is 24.9 Å². The number of rotatable bonds is 6. The molecule has 0 radical (unpaired) electrons. The van der Waals surface area contributed by atoms with Crippen molar-refractivity contribution in [1.29, 1.82) is 0 Å². The number of carbonyl (C=O) groups is 2. The fourth-order valence-electron chi connectivity index (χ4n) is 4.67. The molecular weight excluding hydrogens is 486 g/mol. The normalized spacial score (nSPS) is 13.1. The second-order valence-electron chi connectivity index (χ2n) is 8.92. The first-order valence-electron chi connectivity index (χ1n) is 12.2. The summed E-state index contributed by atoms with van der Waals surface area (Å²) in [5, 5.41) is 11.2. The van der Waals surface area contributed by atoms with Gasteiger partial charge in [0.05, 0.1) is 16.4 Å². The molecule has 10 nitrogen and oxygen atoms in total. The van der Waals surface area contributed by atoms with Crippen LogP contribution in [0.5, 0.6) is 11.5 Å². The molecule has 1 aliphatic rings. The molecule has 38 heavy (non-hydrogen) atoms. The van der Waals surface area contributed by atoms with Crippen LogP contribution in [0.2, 0.25) is 0 Å². The minimum atomic E-state index is -1.00. The van der Waals surface area contributed by atoms with Gasteiger partial charge in [-0.2, -0.15) is 4.68 Å². The van der Waals surface area contributed by atoms with E-state index >= 15 is 0 Å². The van der Waals surface area contributed by atoms with Crippen LogP contribution in [-0.4, -0.2) is 44.2 Å². The zero-order valence-corrected chi connectivity index (χ0v) is 20.5. The van der Waals surface area contributed by atoms with Crippen molar-refractivity contribution in [2.45, 2.75) is 25.9 Å². The van der Waals surface area contributed by atoms with Gasteiger partial charge in [0.1, 0.15) is 17.1 Å². The van der Waals surface area contributed by atoms with Gasteiger partial charge in [-0.15, -0.1) is 5.10 Å².